The van der Waals surface area contributed by atoms with Gasteiger partial charge in [-0.1, -0.05) is 36.4 Å². The average Bonchev–Trinajstić information content (AvgIpc) is 3.47. The number of non-ortho nitro benzene ring substituents is 1. The number of hydrogen-bond acceptors (Lipinski definition) is 8. The minimum Gasteiger partial charge on any atom is -0.454 e. The van der Waals surface area contributed by atoms with Crippen molar-refractivity contribution in [3.05, 3.63) is 99.6 Å². The lowest BCUT2D eigenvalue weighted by atomic mass is 9.90. The van der Waals surface area contributed by atoms with Crippen LogP contribution < -0.4 is 9.47 Å². The molecule has 0 N–H and O–H groups in total. The van der Waals surface area contributed by atoms with Crippen molar-refractivity contribution in [1.82, 2.24) is 4.90 Å². The second-order valence-corrected chi connectivity index (χ2v) is 7.95. The first-order valence-corrected chi connectivity index (χ1v) is 10.5. The van der Waals surface area contributed by atoms with Crippen LogP contribution in [0.5, 0.6) is 11.5 Å². The monoisotopic (exact) mass is 454 g/mol. The summed E-state index contributed by atoms with van der Waals surface area (Å²) < 4.78 is 17.1. The first-order chi connectivity index (χ1) is 16.5. The highest BCUT2D eigenvalue weighted by molar-refractivity contribution is 5.48. The highest BCUT2D eigenvalue weighted by Crippen LogP contribution is 2.51. The molecular weight excluding hydrogens is 436 g/mol. The molecule has 0 bridgehead atoms. The average molecular weight is 454 g/mol. The van der Waals surface area contributed by atoms with Crippen LogP contribution in [0.4, 0.5) is 5.69 Å². The third-order valence-electron chi connectivity index (χ3n) is 5.96. The minimum absolute atomic E-state index is 0.0597. The maximum absolute atomic E-state index is 11.1. The topological polar surface area (TPSA) is 122 Å². The largest absolute Gasteiger partial charge is 0.454 e. The van der Waals surface area contributed by atoms with Gasteiger partial charge in [0.25, 0.3) is 11.3 Å². The summed E-state index contributed by atoms with van der Waals surface area (Å²) in [7, 11) is 0. The molecule has 3 aromatic carbocycles. The molecular formula is C25H18N4O5. The molecule has 0 saturated carbocycles. The molecule has 0 aliphatic carbocycles. The molecule has 0 spiro atoms. The molecule has 2 aliphatic heterocycles. The molecule has 1 fully saturated rings. The van der Waals surface area contributed by atoms with Crippen molar-refractivity contribution in [2.45, 2.75) is 24.4 Å². The third kappa shape index (κ3) is 3.59. The fraction of sp³-hybridized carbons (Fsp3) is 0.200. The Morgan fingerprint density at radius 2 is 1.65 bits per heavy atom. The summed E-state index contributed by atoms with van der Waals surface area (Å²) in [5, 5.41) is 31.4. The van der Waals surface area contributed by atoms with Crippen LogP contribution in [0.3, 0.4) is 0 Å². The predicted octanol–water partition coefficient (Wildman–Crippen LogP) is 4.38. The Morgan fingerprint density at radius 3 is 2.32 bits per heavy atom. The number of benzene rings is 3. The van der Waals surface area contributed by atoms with Crippen LogP contribution in [0.25, 0.3) is 0 Å². The van der Waals surface area contributed by atoms with Crippen molar-refractivity contribution < 1.29 is 19.1 Å². The predicted molar refractivity (Wildman–Crippen MR) is 118 cm³/mol. The molecule has 168 valence electrons. The van der Waals surface area contributed by atoms with E-state index in [-0.39, 0.29) is 12.5 Å². The van der Waals surface area contributed by atoms with E-state index in [1.807, 2.05) is 35.2 Å². The van der Waals surface area contributed by atoms with Crippen molar-refractivity contribution in [3.63, 3.8) is 0 Å². The van der Waals surface area contributed by atoms with Gasteiger partial charge in [0.1, 0.15) is 18.4 Å². The van der Waals surface area contributed by atoms with Gasteiger partial charge in [-0.15, -0.1) is 0 Å². The second kappa shape index (κ2) is 8.49. The Balaban J connectivity index is 1.63. The molecule has 0 amide bonds. The van der Waals surface area contributed by atoms with E-state index in [4.69, 9.17) is 14.2 Å². The standard InChI is InChI=1S/C25H18N4O5/c26-14-25(15-27)23(19-8-11-21-22(12-19)33-16-32-21)28(13-17-4-2-1-3-5-17)24(34-25)18-6-9-20(10-7-18)29(30)31/h1-12,23-24H,13,16H2. The van der Waals surface area contributed by atoms with Crippen LogP contribution in [0, 0.1) is 32.8 Å². The molecule has 2 heterocycles. The number of hydrogen-bond donors (Lipinski definition) is 0. The number of nitrogens with zero attached hydrogens (tertiary/aromatic N) is 4. The van der Waals surface area contributed by atoms with Crippen LogP contribution in [0.2, 0.25) is 0 Å². The Bertz CT molecular complexity index is 1300. The molecule has 9 heteroatoms. The summed E-state index contributed by atoms with van der Waals surface area (Å²) >= 11 is 0. The van der Waals surface area contributed by atoms with Crippen LogP contribution in [-0.4, -0.2) is 22.2 Å². The summed E-state index contributed by atoms with van der Waals surface area (Å²) in [5.74, 6) is 1.12. The molecule has 5 rings (SSSR count). The first kappa shape index (κ1) is 21.4. The van der Waals surface area contributed by atoms with Gasteiger partial charge >= 0.3 is 0 Å². The van der Waals surface area contributed by atoms with Crippen molar-refractivity contribution in [2.24, 2.45) is 0 Å². The number of nitro benzene ring substituents is 1. The zero-order valence-electron chi connectivity index (χ0n) is 17.8. The summed E-state index contributed by atoms with van der Waals surface area (Å²) in [6.07, 6.45) is -0.796. The van der Waals surface area contributed by atoms with Gasteiger partial charge in [-0.05, 0) is 41.0 Å². The number of ether oxygens (including phenoxy) is 3. The lowest BCUT2D eigenvalue weighted by Gasteiger charge is -2.29. The molecule has 3 aromatic rings. The van der Waals surface area contributed by atoms with E-state index < -0.39 is 22.8 Å². The maximum atomic E-state index is 11.1. The second-order valence-electron chi connectivity index (χ2n) is 7.95. The van der Waals surface area contributed by atoms with Gasteiger partial charge < -0.3 is 14.2 Å². The zero-order chi connectivity index (χ0) is 23.7. The molecule has 34 heavy (non-hydrogen) atoms. The Labute approximate surface area is 195 Å². The van der Waals surface area contributed by atoms with E-state index in [0.717, 1.165) is 5.56 Å². The summed E-state index contributed by atoms with van der Waals surface area (Å²) in [6, 6.07) is 24.2. The van der Waals surface area contributed by atoms with Crippen molar-refractivity contribution in [2.75, 3.05) is 6.79 Å². The van der Waals surface area contributed by atoms with Crippen molar-refractivity contribution >= 4 is 5.69 Å². The van der Waals surface area contributed by atoms with E-state index in [2.05, 4.69) is 12.1 Å². The summed E-state index contributed by atoms with van der Waals surface area (Å²) in [5.41, 5.74) is 0.327. The number of nitro groups is 1. The number of nitriles is 2. The van der Waals surface area contributed by atoms with E-state index in [1.165, 1.54) is 12.1 Å². The smallest absolute Gasteiger partial charge is 0.269 e. The number of rotatable bonds is 5. The van der Waals surface area contributed by atoms with Gasteiger partial charge in [-0.2, -0.15) is 10.5 Å². The highest BCUT2D eigenvalue weighted by atomic mass is 16.7. The third-order valence-corrected chi connectivity index (χ3v) is 5.96. The summed E-state index contributed by atoms with van der Waals surface area (Å²) in [6.45, 7) is 0.466. The Kier molecular flexibility index (Phi) is 5.34. The van der Waals surface area contributed by atoms with E-state index in [1.54, 1.807) is 30.3 Å². The number of fused-ring (bicyclic) bond motifs is 1. The normalized spacial score (nSPS) is 20.4. The van der Waals surface area contributed by atoms with Gasteiger partial charge in [0, 0.05) is 18.7 Å². The van der Waals surface area contributed by atoms with Crippen LogP contribution in [-0.2, 0) is 11.3 Å². The van der Waals surface area contributed by atoms with Gasteiger partial charge in [0.05, 0.1) is 11.0 Å². The van der Waals surface area contributed by atoms with E-state index >= 15 is 0 Å². The zero-order valence-corrected chi connectivity index (χ0v) is 17.8. The maximum Gasteiger partial charge on any atom is 0.269 e. The van der Waals surface area contributed by atoms with Crippen molar-refractivity contribution in [3.8, 4) is 23.6 Å². The lowest BCUT2D eigenvalue weighted by molar-refractivity contribution is -0.384. The van der Waals surface area contributed by atoms with Gasteiger partial charge in [0.2, 0.25) is 6.79 Å². The highest BCUT2D eigenvalue weighted by Gasteiger charge is 2.56. The van der Waals surface area contributed by atoms with Gasteiger partial charge in [-0.3, -0.25) is 15.0 Å². The molecule has 1 saturated heterocycles. The Morgan fingerprint density at radius 1 is 0.971 bits per heavy atom. The Hall–Kier alpha value is -4.44. The van der Waals surface area contributed by atoms with Crippen LogP contribution in [0.1, 0.15) is 29.0 Å². The molecule has 2 atom stereocenters. The van der Waals surface area contributed by atoms with Crippen LogP contribution in [0.15, 0.2) is 72.8 Å². The fourth-order valence-corrected chi connectivity index (χ4v) is 4.38. The molecule has 0 radical (unpaired) electrons. The molecule has 9 nitrogen and oxygen atoms in total. The van der Waals surface area contributed by atoms with Crippen molar-refractivity contribution in [1.29, 1.82) is 10.5 Å². The SMILES string of the molecule is N#CC1(C#N)OC(c2ccc([N+](=O)[O-])cc2)N(Cc2ccccc2)C1c1ccc2c(c1)OCO2. The fourth-order valence-electron chi connectivity index (χ4n) is 4.38. The first-order valence-electron chi connectivity index (χ1n) is 10.5. The van der Waals surface area contributed by atoms with Gasteiger partial charge in [-0.25, -0.2) is 0 Å². The molecule has 2 aliphatic rings. The molecule has 2 unspecified atom stereocenters. The van der Waals surface area contributed by atoms with E-state index in [9.17, 15) is 20.6 Å². The minimum atomic E-state index is -1.82. The molecule has 0 aromatic heterocycles. The summed E-state index contributed by atoms with van der Waals surface area (Å²) in [4.78, 5) is 12.6. The lowest BCUT2D eigenvalue weighted by Crippen LogP contribution is -2.36. The van der Waals surface area contributed by atoms with E-state index in [0.29, 0.717) is 29.2 Å². The quantitative estimate of drug-likeness (QED) is 0.411. The van der Waals surface area contributed by atoms with Crippen LogP contribution >= 0.6 is 0 Å². The van der Waals surface area contributed by atoms with Gasteiger partial charge in [0.15, 0.2) is 11.5 Å².